The number of aliphatic hydroxyl groups is 1. The molecule has 1 unspecified atom stereocenters. The number of likely N-dealkylation sites (tertiary alicyclic amines) is 1. The third-order valence-electron chi connectivity index (χ3n) is 4.84. The Morgan fingerprint density at radius 1 is 1.42 bits per heavy atom. The normalized spacial score (nSPS) is 23.8. The Morgan fingerprint density at radius 3 is 2.88 bits per heavy atom. The fourth-order valence-electron chi connectivity index (χ4n) is 3.36. The second-order valence-electron chi connectivity index (χ2n) is 6.45. The molecule has 24 heavy (non-hydrogen) atoms. The number of carbonyl (C=O) groups is 2. The molecule has 3 heterocycles. The highest BCUT2D eigenvalue weighted by Gasteiger charge is 2.41. The molecule has 8 heteroatoms. The fraction of sp³-hybridized carbons (Fsp3) is 0.688. The zero-order chi connectivity index (χ0) is 17.2. The number of hydrogen-bond acceptors (Lipinski definition) is 5. The summed E-state index contributed by atoms with van der Waals surface area (Å²) in [5.41, 5.74) is -0.825. The Balaban J connectivity index is 1.69. The number of nitrogens with one attached hydrogen (secondary N) is 1. The van der Waals surface area contributed by atoms with E-state index in [4.69, 9.17) is 0 Å². The molecule has 2 fully saturated rings. The topological polar surface area (TPSA) is 87.5 Å². The molecule has 2 amide bonds. The Bertz CT molecular complexity index is 612. The molecule has 0 bridgehead atoms. The van der Waals surface area contributed by atoms with E-state index in [2.05, 4.69) is 10.4 Å². The summed E-state index contributed by atoms with van der Waals surface area (Å²) >= 11 is 1.78. The molecule has 0 saturated carbocycles. The highest BCUT2D eigenvalue weighted by molar-refractivity contribution is 7.99. The lowest BCUT2D eigenvalue weighted by atomic mass is 9.93. The standard InChI is InChI=1S/C16H24N4O3S/c1-17-14(21)13-4-8-20(18-13)12-3-2-7-19(11-12)15(22)16(23)5-9-24-10-6-16/h4,8,12,23H,2-3,5-7,9-11H2,1H3,(H,17,21). The lowest BCUT2D eigenvalue weighted by Crippen LogP contribution is -2.53. The molecule has 1 atom stereocenters. The fourth-order valence-corrected chi connectivity index (χ4v) is 4.53. The Morgan fingerprint density at radius 2 is 2.17 bits per heavy atom. The second kappa shape index (κ2) is 7.14. The monoisotopic (exact) mass is 352 g/mol. The minimum Gasteiger partial charge on any atom is -0.380 e. The Labute approximate surface area is 145 Å². The van der Waals surface area contributed by atoms with Crippen LogP contribution in [0.5, 0.6) is 0 Å². The van der Waals surface area contributed by atoms with E-state index in [0.717, 1.165) is 24.3 Å². The number of aromatic nitrogens is 2. The van der Waals surface area contributed by atoms with E-state index in [9.17, 15) is 14.7 Å². The van der Waals surface area contributed by atoms with Gasteiger partial charge in [-0.2, -0.15) is 16.9 Å². The van der Waals surface area contributed by atoms with Gasteiger partial charge in [-0.1, -0.05) is 0 Å². The summed E-state index contributed by atoms with van der Waals surface area (Å²) in [6, 6.07) is 1.73. The zero-order valence-corrected chi connectivity index (χ0v) is 14.7. The quantitative estimate of drug-likeness (QED) is 0.835. The lowest BCUT2D eigenvalue weighted by Gasteiger charge is -2.39. The molecule has 2 N–H and O–H groups in total. The number of hydrogen-bond donors (Lipinski definition) is 2. The van der Waals surface area contributed by atoms with Gasteiger partial charge >= 0.3 is 0 Å². The van der Waals surface area contributed by atoms with Crippen LogP contribution in [-0.4, -0.2) is 68.8 Å². The van der Waals surface area contributed by atoms with Crippen LogP contribution in [-0.2, 0) is 4.79 Å². The molecule has 1 aromatic heterocycles. The molecular formula is C16H24N4O3S. The Hall–Kier alpha value is -1.54. The first kappa shape index (κ1) is 17.3. The van der Waals surface area contributed by atoms with Crippen molar-refractivity contribution in [1.82, 2.24) is 20.0 Å². The minimum atomic E-state index is -1.20. The average Bonchev–Trinajstić information content (AvgIpc) is 3.11. The third kappa shape index (κ3) is 3.44. The molecule has 2 aliphatic rings. The smallest absolute Gasteiger partial charge is 0.271 e. The van der Waals surface area contributed by atoms with E-state index >= 15 is 0 Å². The molecule has 132 valence electrons. The zero-order valence-electron chi connectivity index (χ0n) is 13.9. The number of rotatable bonds is 3. The molecule has 3 rings (SSSR count). The van der Waals surface area contributed by atoms with Crippen LogP contribution in [0.25, 0.3) is 0 Å². The van der Waals surface area contributed by atoms with E-state index in [1.54, 1.807) is 40.7 Å². The molecule has 0 spiro atoms. The molecule has 0 aromatic carbocycles. The van der Waals surface area contributed by atoms with E-state index in [-0.39, 0.29) is 17.9 Å². The number of carbonyl (C=O) groups excluding carboxylic acids is 2. The van der Waals surface area contributed by atoms with Gasteiger partial charge in [0.25, 0.3) is 11.8 Å². The van der Waals surface area contributed by atoms with Gasteiger partial charge in [-0.15, -0.1) is 0 Å². The maximum Gasteiger partial charge on any atom is 0.271 e. The van der Waals surface area contributed by atoms with Crippen molar-refractivity contribution in [1.29, 1.82) is 0 Å². The molecular weight excluding hydrogens is 328 g/mol. The van der Waals surface area contributed by atoms with Crippen molar-refractivity contribution in [2.24, 2.45) is 0 Å². The third-order valence-corrected chi connectivity index (χ3v) is 5.83. The number of thioether (sulfide) groups is 1. The molecule has 0 radical (unpaired) electrons. The van der Waals surface area contributed by atoms with Gasteiger partial charge in [0.15, 0.2) is 0 Å². The number of piperidine rings is 1. The van der Waals surface area contributed by atoms with Gasteiger partial charge in [-0.25, -0.2) is 0 Å². The summed E-state index contributed by atoms with van der Waals surface area (Å²) in [5.74, 6) is 1.29. The van der Waals surface area contributed by atoms with Crippen LogP contribution in [0.1, 0.15) is 42.2 Å². The van der Waals surface area contributed by atoms with Crippen LogP contribution in [0.3, 0.4) is 0 Å². The summed E-state index contributed by atoms with van der Waals surface area (Å²) < 4.78 is 1.77. The van der Waals surface area contributed by atoms with Gasteiger partial charge in [0, 0.05) is 26.3 Å². The maximum absolute atomic E-state index is 12.8. The minimum absolute atomic E-state index is 0.0441. The van der Waals surface area contributed by atoms with Gasteiger partial charge in [0.2, 0.25) is 0 Å². The van der Waals surface area contributed by atoms with Crippen molar-refractivity contribution < 1.29 is 14.7 Å². The van der Waals surface area contributed by atoms with Gasteiger partial charge in [0.05, 0.1) is 6.04 Å². The van der Waals surface area contributed by atoms with Crippen molar-refractivity contribution in [2.45, 2.75) is 37.3 Å². The van der Waals surface area contributed by atoms with Gasteiger partial charge in [-0.05, 0) is 43.3 Å². The van der Waals surface area contributed by atoms with Crippen LogP contribution in [0, 0.1) is 0 Å². The van der Waals surface area contributed by atoms with Gasteiger partial charge in [-0.3, -0.25) is 14.3 Å². The van der Waals surface area contributed by atoms with Crippen molar-refractivity contribution in [2.75, 3.05) is 31.6 Å². The van der Waals surface area contributed by atoms with Crippen LogP contribution in [0.2, 0.25) is 0 Å². The first-order chi connectivity index (χ1) is 11.5. The second-order valence-corrected chi connectivity index (χ2v) is 7.68. The molecule has 2 saturated heterocycles. The van der Waals surface area contributed by atoms with Crippen molar-refractivity contribution >= 4 is 23.6 Å². The number of nitrogens with zero attached hydrogens (tertiary/aromatic N) is 3. The predicted octanol–water partition coefficient (Wildman–Crippen LogP) is 0.664. The predicted molar refractivity (Wildman–Crippen MR) is 92.0 cm³/mol. The molecule has 0 aliphatic carbocycles. The average molecular weight is 352 g/mol. The lowest BCUT2D eigenvalue weighted by molar-refractivity contribution is -0.153. The van der Waals surface area contributed by atoms with Crippen molar-refractivity contribution in [3.8, 4) is 0 Å². The SMILES string of the molecule is CNC(=O)c1ccn(C2CCCN(C(=O)C3(O)CCSCC3)C2)n1. The first-order valence-corrected chi connectivity index (χ1v) is 9.56. The van der Waals surface area contributed by atoms with E-state index < -0.39 is 5.60 Å². The largest absolute Gasteiger partial charge is 0.380 e. The number of amides is 2. The maximum atomic E-state index is 12.8. The van der Waals surface area contributed by atoms with E-state index in [1.165, 1.54) is 0 Å². The highest BCUT2D eigenvalue weighted by Crippen LogP contribution is 2.31. The van der Waals surface area contributed by atoms with Crippen molar-refractivity contribution in [3.63, 3.8) is 0 Å². The summed E-state index contributed by atoms with van der Waals surface area (Å²) in [7, 11) is 1.57. The van der Waals surface area contributed by atoms with Crippen LogP contribution >= 0.6 is 11.8 Å². The summed E-state index contributed by atoms with van der Waals surface area (Å²) in [6.07, 6.45) is 4.62. The molecule has 7 nitrogen and oxygen atoms in total. The van der Waals surface area contributed by atoms with Crippen molar-refractivity contribution in [3.05, 3.63) is 18.0 Å². The highest BCUT2D eigenvalue weighted by atomic mass is 32.2. The summed E-state index contributed by atoms with van der Waals surface area (Å²) in [5, 5.41) is 17.6. The first-order valence-electron chi connectivity index (χ1n) is 8.40. The van der Waals surface area contributed by atoms with Crippen LogP contribution in [0.4, 0.5) is 0 Å². The Kier molecular flexibility index (Phi) is 5.15. The summed E-state index contributed by atoms with van der Waals surface area (Å²) in [4.78, 5) is 26.2. The van der Waals surface area contributed by atoms with Crippen LogP contribution in [0.15, 0.2) is 12.3 Å². The van der Waals surface area contributed by atoms with E-state index in [0.29, 0.717) is 31.6 Å². The molecule has 1 aromatic rings. The molecule has 2 aliphatic heterocycles. The summed E-state index contributed by atoms with van der Waals surface area (Å²) in [6.45, 7) is 1.21. The van der Waals surface area contributed by atoms with Gasteiger partial charge < -0.3 is 15.3 Å². The van der Waals surface area contributed by atoms with Gasteiger partial charge in [0.1, 0.15) is 11.3 Å². The van der Waals surface area contributed by atoms with Crippen LogP contribution < -0.4 is 5.32 Å². The van der Waals surface area contributed by atoms with E-state index in [1.807, 2.05) is 0 Å².